The summed E-state index contributed by atoms with van der Waals surface area (Å²) in [6, 6.07) is 28.3. The number of ether oxygens (including phenoxy) is 2. The number of hydrogen-bond acceptors (Lipinski definition) is 6. The average Bonchev–Trinajstić information content (AvgIpc) is 3.31. The van der Waals surface area contributed by atoms with E-state index in [0.29, 0.717) is 38.0 Å². The van der Waals surface area contributed by atoms with Crippen LogP contribution in [0.4, 0.5) is 0 Å². The van der Waals surface area contributed by atoms with Crippen molar-refractivity contribution in [3.63, 3.8) is 0 Å². The summed E-state index contributed by atoms with van der Waals surface area (Å²) in [5.74, 6) is 0.173. The quantitative estimate of drug-likeness (QED) is 0.211. The highest BCUT2D eigenvalue weighted by Gasteiger charge is 2.33. The van der Waals surface area contributed by atoms with Gasteiger partial charge in [-0.05, 0) is 60.0 Å². The van der Waals surface area contributed by atoms with Gasteiger partial charge >= 0.3 is 5.97 Å². The van der Waals surface area contributed by atoms with Gasteiger partial charge in [-0.15, -0.1) is 0 Å². The molecule has 0 radical (unpaired) electrons. The van der Waals surface area contributed by atoms with Crippen molar-refractivity contribution >= 4 is 45.8 Å². The highest BCUT2D eigenvalue weighted by Crippen LogP contribution is 2.32. The molecule has 5 aromatic rings. The summed E-state index contributed by atoms with van der Waals surface area (Å²) in [5, 5.41) is 2.65. The topological polar surface area (TPSA) is 69.9 Å². The minimum Gasteiger partial charge on any atom is -0.488 e. The normalized spacial score (nSPS) is 14.9. The molecule has 0 saturated carbocycles. The van der Waals surface area contributed by atoms with Crippen LogP contribution in [0.25, 0.3) is 16.8 Å². The molecule has 0 spiro atoms. The third-order valence-corrected chi connectivity index (χ3v) is 8.38. The second-order valence-electron chi connectivity index (χ2n) is 9.83. The van der Waals surface area contributed by atoms with Gasteiger partial charge < -0.3 is 9.47 Å². The lowest BCUT2D eigenvalue weighted by atomic mass is 9.96. The summed E-state index contributed by atoms with van der Waals surface area (Å²) in [6.07, 6.45) is 1.87. The van der Waals surface area contributed by atoms with Crippen LogP contribution in [0.5, 0.6) is 5.75 Å². The number of rotatable bonds is 7. The number of aromatic nitrogens is 1. The molecule has 1 atom stereocenters. The molecule has 8 heteroatoms. The first-order valence-electron chi connectivity index (χ1n) is 13.6. The van der Waals surface area contributed by atoms with Crippen molar-refractivity contribution in [2.24, 2.45) is 4.99 Å². The van der Waals surface area contributed by atoms with Crippen LogP contribution in [-0.2, 0) is 16.1 Å². The van der Waals surface area contributed by atoms with Gasteiger partial charge in [-0.25, -0.2) is 9.79 Å². The fourth-order valence-corrected chi connectivity index (χ4v) is 6.32. The molecule has 0 saturated heterocycles. The van der Waals surface area contributed by atoms with Crippen LogP contribution in [0.3, 0.4) is 0 Å². The molecule has 0 amide bonds. The summed E-state index contributed by atoms with van der Waals surface area (Å²) >= 11 is 7.35. The Morgan fingerprint density at radius 2 is 1.74 bits per heavy atom. The van der Waals surface area contributed by atoms with Crippen LogP contribution in [0.1, 0.15) is 36.6 Å². The first-order chi connectivity index (χ1) is 20.4. The van der Waals surface area contributed by atoms with E-state index in [1.165, 1.54) is 11.3 Å². The van der Waals surface area contributed by atoms with Crippen molar-refractivity contribution in [1.82, 2.24) is 4.57 Å². The van der Waals surface area contributed by atoms with Crippen molar-refractivity contribution in [2.75, 3.05) is 6.61 Å². The van der Waals surface area contributed by atoms with Crippen molar-refractivity contribution in [3.05, 3.63) is 144 Å². The lowest BCUT2D eigenvalue weighted by molar-refractivity contribution is -0.139. The van der Waals surface area contributed by atoms with Crippen LogP contribution >= 0.6 is 22.9 Å². The van der Waals surface area contributed by atoms with Gasteiger partial charge in [0.2, 0.25) is 0 Å². The first kappa shape index (κ1) is 27.7. The Hall–Kier alpha value is -4.46. The van der Waals surface area contributed by atoms with Crippen LogP contribution in [0.2, 0.25) is 5.02 Å². The molecule has 0 fully saturated rings. The summed E-state index contributed by atoms with van der Waals surface area (Å²) in [5.41, 5.74) is 3.23. The number of esters is 1. The molecule has 0 aliphatic carbocycles. The molecular weight excluding hydrogens is 568 g/mol. The number of carbonyl (C=O) groups is 1. The largest absolute Gasteiger partial charge is 0.488 e. The Balaban J connectivity index is 1.52. The second kappa shape index (κ2) is 11.8. The van der Waals surface area contributed by atoms with Gasteiger partial charge in [0.05, 0.1) is 28.5 Å². The molecule has 6 rings (SSSR count). The van der Waals surface area contributed by atoms with E-state index in [2.05, 4.69) is 0 Å². The van der Waals surface area contributed by atoms with Gasteiger partial charge in [0.15, 0.2) is 4.80 Å². The van der Waals surface area contributed by atoms with Gasteiger partial charge in [0, 0.05) is 10.6 Å². The van der Waals surface area contributed by atoms with Crippen LogP contribution in [-0.4, -0.2) is 17.1 Å². The number of halogens is 1. The maximum absolute atomic E-state index is 14.1. The minimum absolute atomic E-state index is 0.224. The average molecular weight is 595 g/mol. The molecular formula is C34H27ClN2O4S. The molecule has 0 unspecified atom stereocenters. The van der Waals surface area contributed by atoms with E-state index in [1.54, 1.807) is 18.4 Å². The van der Waals surface area contributed by atoms with Crippen LogP contribution in [0.15, 0.2) is 112 Å². The zero-order chi connectivity index (χ0) is 29.2. The Labute approximate surface area is 251 Å². The van der Waals surface area contributed by atoms with E-state index in [1.807, 2.05) is 97.1 Å². The van der Waals surface area contributed by atoms with Crippen LogP contribution in [0, 0.1) is 0 Å². The molecule has 6 nitrogen and oxygen atoms in total. The molecule has 210 valence electrons. The van der Waals surface area contributed by atoms with E-state index in [0.717, 1.165) is 27.5 Å². The molecule has 42 heavy (non-hydrogen) atoms. The number of allylic oxidation sites excluding steroid dienone is 1. The Morgan fingerprint density at radius 3 is 2.50 bits per heavy atom. The number of fused-ring (bicyclic) bond motifs is 2. The number of nitrogens with zero attached hydrogens (tertiary/aromatic N) is 2. The summed E-state index contributed by atoms with van der Waals surface area (Å²) in [7, 11) is 0. The standard InChI is InChI=1S/C34H27ClN2O4S/c1-3-40-33(39)30-21(2)36-34-37(31(30)24-10-5-4-6-11-24)32(38)29(42-34)19-27-26-12-8-7-9-23(26)15-18-28(27)41-20-22-13-16-25(35)17-14-22/h4-19,31H,3,20H2,1-2H3/b29-19-/t31-/m0/s1. The lowest BCUT2D eigenvalue weighted by Crippen LogP contribution is -2.39. The Kier molecular flexibility index (Phi) is 7.78. The molecule has 0 N–H and O–H groups in total. The van der Waals surface area contributed by atoms with Gasteiger partial charge in [-0.3, -0.25) is 9.36 Å². The molecule has 0 bridgehead atoms. The van der Waals surface area contributed by atoms with E-state index < -0.39 is 12.0 Å². The number of carbonyl (C=O) groups excluding carboxylic acids is 1. The molecule has 4 aromatic carbocycles. The predicted octanol–water partition coefficient (Wildman–Crippen LogP) is 6.18. The maximum atomic E-state index is 14.1. The number of benzene rings is 4. The zero-order valence-corrected chi connectivity index (χ0v) is 24.6. The van der Waals surface area contributed by atoms with Crippen molar-refractivity contribution < 1.29 is 14.3 Å². The smallest absolute Gasteiger partial charge is 0.338 e. The van der Waals surface area contributed by atoms with Crippen molar-refractivity contribution in [2.45, 2.75) is 26.5 Å². The number of hydrogen-bond donors (Lipinski definition) is 0. The highest BCUT2D eigenvalue weighted by atomic mass is 35.5. The number of thiazole rings is 1. The summed E-state index contributed by atoms with van der Waals surface area (Å²) in [6.45, 7) is 4.11. The maximum Gasteiger partial charge on any atom is 0.338 e. The van der Waals surface area contributed by atoms with Crippen molar-refractivity contribution in [3.8, 4) is 5.75 Å². The van der Waals surface area contributed by atoms with Crippen LogP contribution < -0.4 is 19.6 Å². The third kappa shape index (κ3) is 5.29. The van der Waals surface area contributed by atoms with E-state index in [9.17, 15) is 9.59 Å². The minimum atomic E-state index is -0.656. The molecule has 1 aliphatic rings. The van der Waals surface area contributed by atoms with E-state index in [4.69, 9.17) is 26.1 Å². The lowest BCUT2D eigenvalue weighted by Gasteiger charge is -2.24. The van der Waals surface area contributed by atoms with Gasteiger partial charge in [-0.2, -0.15) is 0 Å². The van der Waals surface area contributed by atoms with Gasteiger partial charge in [-0.1, -0.05) is 95.7 Å². The first-order valence-corrected chi connectivity index (χ1v) is 14.8. The summed E-state index contributed by atoms with van der Waals surface area (Å²) < 4.78 is 13.8. The van der Waals surface area contributed by atoms with E-state index >= 15 is 0 Å². The Morgan fingerprint density at radius 1 is 1.00 bits per heavy atom. The fourth-order valence-electron chi connectivity index (χ4n) is 5.17. The molecule has 1 aromatic heterocycles. The molecule has 2 heterocycles. The highest BCUT2D eigenvalue weighted by molar-refractivity contribution is 7.07. The third-order valence-electron chi connectivity index (χ3n) is 7.15. The molecule has 1 aliphatic heterocycles. The Bertz CT molecular complexity index is 2010. The van der Waals surface area contributed by atoms with Gasteiger partial charge in [0.25, 0.3) is 5.56 Å². The SMILES string of the molecule is CCOC(=O)C1=C(C)N=c2s/c(=C\c3c(OCc4ccc(Cl)cc4)ccc4ccccc34)c(=O)n2[C@H]1c1ccccc1. The van der Waals surface area contributed by atoms with E-state index in [-0.39, 0.29) is 12.2 Å². The van der Waals surface area contributed by atoms with Gasteiger partial charge in [0.1, 0.15) is 12.4 Å². The predicted molar refractivity (Wildman–Crippen MR) is 167 cm³/mol. The summed E-state index contributed by atoms with van der Waals surface area (Å²) in [4.78, 5) is 32.5. The second-order valence-corrected chi connectivity index (χ2v) is 11.3. The monoisotopic (exact) mass is 594 g/mol. The fraction of sp³-hybridized carbons (Fsp3) is 0.147. The van der Waals surface area contributed by atoms with Crippen molar-refractivity contribution in [1.29, 1.82) is 0 Å². The zero-order valence-electron chi connectivity index (χ0n) is 23.0.